The minimum Gasteiger partial charge on any atom is -0.504 e. The maximum atomic E-state index is 12.3. The fourth-order valence-electron chi connectivity index (χ4n) is 1.28. The molecule has 0 saturated heterocycles. The Morgan fingerprint density at radius 2 is 1.81 bits per heavy atom. The number of aliphatic hydroxyl groups excluding tert-OH is 1. The van der Waals surface area contributed by atoms with Crippen LogP contribution in [0.15, 0.2) is 46.8 Å². The molecule has 1 aromatic carbocycles. The summed E-state index contributed by atoms with van der Waals surface area (Å²) < 4.78 is 36.9. The molecule has 0 radical (unpaired) electrons. The number of carbonyl (C=O) groups is 2. The second-order valence-corrected chi connectivity index (χ2v) is 3.88. The van der Waals surface area contributed by atoms with Crippen LogP contribution < -0.4 is 5.43 Å². The number of benzene rings is 1. The number of hydrazone groups is 1. The SMILES string of the molecule is CC(=O)C(/C=N/NC(=O)c1ccccc1)=C(/O)C(F)(F)F. The molecule has 0 bridgehead atoms. The molecule has 1 aromatic rings. The topological polar surface area (TPSA) is 78.8 Å². The number of Topliss-reactive ketones (excluding diaryl/α,β-unsaturated/α-hetero) is 1. The molecule has 0 spiro atoms. The lowest BCUT2D eigenvalue weighted by atomic mass is 10.1. The number of amides is 1. The van der Waals surface area contributed by atoms with Gasteiger partial charge < -0.3 is 5.11 Å². The van der Waals surface area contributed by atoms with E-state index in [9.17, 15) is 22.8 Å². The number of ketones is 1. The first-order chi connectivity index (χ1) is 9.73. The second kappa shape index (κ2) is 6.69. The molecule has 112 valence electrons. The van der Waals surface area contributed by atoms with Crippen LogP contribution in [-0.4, -0.2) is 29.2 Å². The molecule has 0 aliphatic carbocycles. The zero-order valence-electron chi connectivity index (χ0n) is 10.8. The van der Waals surface area contributed by atoms with Crippen molar-refractivity contribution < 1.29 is 27.9 Å². The molecule has 0 heterocycles. The van der Waals surface area contributed by atoms with E-state index in [1.54, 1.807) is 18.2 Å². The van der Waals surface area contributed by atoms with Gasteiger partial charge in [0.15, 0.2) is 5.78 Å². The predicted octanol–water partition coefficient (Wildman–Crippen LogP) is 2.37. The summed E-state index contributed by atoms with van der Waals surface area (Å²) in [5, 5.41) is 12.2. The van der Waals surface area contributed by atoms with Gasteiger partial charge in [0, 0.05) is 5.56 Å². The molecule has 5 nitrogen and oxygen atoms in total. The third-order valence-electron chi connectivity index (χ3n) is 2.30. The number of halogens is 3. The minimum atomic E-state index is -5.07. The van der Waals surface area contributed by atoms with Crippen molar-refractivity contribution in [3.05, 3.63) is 47.2 Å². The van der Waals surface area contributed by atoms with Gasteiger partial charge in [0.1, 0.15) is 0 Å². The molecule has 0 saturated carbocycles. The molecule has 0 atom stereocenters. The van der Waals surface area contributed by atoms with Gasteiger partial charge in [0.05, 0.1) is 11.8 Å². The Balaban J connectivity index is 2.87. The molecule has 8 heteroatoms. The number of nitrogens with zero attached hydrogens (tertiary/aromatic N) is 1. The van der Waals surface area contributed by atoms with Gasteiger partial charge in [0.25, 0.3) is 5.91 Å². The van der Waals surface area contributed by atoms with Crippen LogP contribution in [0.4, 0.5) is 13.2 Å². The highest BCUT2D eigenvalue weighted by atomic mass is 19.4. The van der Waals surface area contributed by atoms with Crippen molar-refractivity contribution in [3.63, 3.8) is 0 Å². The number of alkyl halides is 3. The summed E-state index contributed by atoms with van der Waals surface area (Å²) in [6.07, 6.45) is -4.62. The molecule has 0 aliphatic heterocycles. The number of hydrogen-bond donors (Lipinski definition) is 2. The number of carbonyl (C=O) groups excluding carboxylic acids is 2. The first-order valence-electron chi connectivity index (χ1n) is 5.63. The third kappa shape index (κ3) is 4.75. The molecule has 0 fully saturated rings. The summed E-state index contributed by atoms with van der Waals surface area (Å²) >= 11 is 0. The number of rotatable bonds is 4. The molecule has 21 heavy (non-hydrogen) atoms. The predicted molar refractivity (Wildman–Crippen MR) is 68.8 cm³/mol. The Morgan fingerprint density at radius 3 is 2.29 bits per heavy atom. The van der Waals surface area contributed by atoms with E-state index in [1.165, 1.54) is 12.1 Å². The molecule has 2 N–H and O–H groups in total. The fourth-order valence-corrected chi connectivity index (χ4v) is 1.28. The normalized spacial score (nSPS) is 13.0. The van der Waals surface area contributed by atoms with E-state index >= 15 is 0 Å². The second-order valence-electron chi connectivity index (χ2n) is 3.88. The lowest BCUT2D eigenvalue weighted by Gasteiger charge is -2.07. The zero-order chi connectivity index (χ0) is 16.0. The van der Waals surface area contributed by atoms with Gasteiger partial charge in [-0.2, -0.15) is 18.3 Å². The Hall–Kier alpha value is -2.64. The molecule has 0 aromatic heterocycles. The summed E-state index contributed by atoms with van der Waals surface area (Å²) in [5.41, 5.74) is 1.15. The average Bonchev–Trinajstić information content (AvgIpc) is 2.42. The van der Waals surface area contributed by atoms with E-state index in [0.29, 0.717) is 6.21 Å². The van der Waals surface area contributed by atoms with Gasteiger partial charge in [-0.1, -0.05) is 18.2 Å². The van der Waals surface area contributed by atoms with Crippen LogP contribution in [0.25, 0.3) is 0 Å². The lowest BCUT2D eigenvalue weighted by Crippen LogP contribution is -2.20. The van der Waals surface area contributed by atoms with E-state index in [0.717, 1.165) is 6.92 Å². The number of aliphatic hydroxyl groups is 1. The number of allylic oxidation sites excluding steroid dienone is 2. The van der Waals surface area contributed by atoms with Crippen molar-refractivity contribution in [1.82, 2.24) is 5.43 Å². The van der Waals surface area contributed by atoms with Crippen LogP contribution in [0, 0.1) is 0 Å². The highest BCUT2D eigenvalue weighted by Crippen LogP contribution is 2.25. The Kier molecular flexibility index (Phi) is 5.23. The van der Waals surface area contributed by atoms with Crippen LogP contribution in [0.1, 0.15) is 17.3 Å². The van der Waals surface area contributed by atoms with Crippen molar-refractivity contribution in [2.24, 2.45) is 5.10 Å². The monoisotopic (exact) mass is 300 g/mol. The van der Waals surface area contributed by atoms with Gasteiger partial charge in [-0.3, -0.25) is 9.59 Å². The van der Waals surface area contributed by atoms with Gasteiger partial charge in [-0.25, -0.2) is 5.43 Å². The summed E-state index contributed by atoms with van der Waals surface area (Å²) in [6.45, 7) is 0.836. The molecule has 0 unspecified atom stereocenters. The maximum absolute atomic E-state index is 12.3. The van der Waals surface area contributed by atoms with Crippen LogP contribution >= 0.6 is 0 Å². The van der Waals surface area contributed by atoms with Gasteiger partial charge >= 0.3 is 6.18 Å². The molecular formula is C13H11F3N2O3. The van der Waals surface area contributed by atoms with Crippen LogP contribution in [0.2, 0.25) is 0 Å². The quantitative estimate of drug-likeness (QED) is 0.388. The maximum Gasteiger partial charge on any atom is 0.449 e. The summed E-state index contributed by atoms with van der Waals surface area (Å²) in [7, 11) is 0. The standard InChI is InChI=1S/C13H11F3N2O3/c1-8(19)10(11(20)13(14,15)16)7-17-18-12(21)9-5-3-2-4-6-9/h2-7,20H,1H3,(H,18,21)/b11-10+,17-7+. The van der Waals surface area contributed by atoms with E-state index in [-0.39, 0.29) is 5.56 Å². The van der Waals surface area contributed by atoms with Crippen molar-refractivity contribution in [3.8, 4) is 0 Å². The van der Waals surface area contributed by atoms with Crippen LogP contribution in [0.5, 0.6) is 0 Å². The Labute approximate surface area is 117 Å². The van der Waals surface area contributed by atoms with Crippen LogP contribution in [-0.2, 0) is 4.79 Å². The fraction of sp³-hybridized carbons (Fsp3) is 0.154. The average molecular weight is 300 g/mol. The first-order valence-corrected chi connectivity index (χ1v) is 5.63. The van der Waals surface area contributed by atoms with Gasteiger partial charge in [0.2, 0.25) is 5.76 Å². The minimum absolute atomic E-state index is 0.239. The van der Waals surface area contributed by atoms with E-state index < -0.39 is 29.2 Å². The Bertz CT molecular complexity index is 592. The van der Waals surface area contributed by atoms with Crippen molar-refractivity contribution >= 4 is 17.9 Å². The van der Waals surface area contributed by atoms with Crippen molar-refractivity contribution in [1.29, 1.82) is 0 Å². The van der Waals surface area contributed by atoms with Gasteiger partial charge in [-0.05, 0) is 19.1 Å². The highest BCUT2D eigenvalue weighted by Gasteiger charge is 2.37. The summed E-state index contributed by atoms with van der Waals surface area (Å²) in [5.74, 6) is -3.77. The zero-order valence-corrected chi connectivity index (χ0v) is 10.8. The summed E-state index contributed by atoms with van der Waals surface area (Å²) in [6, 6.07) is 7.81. The Morgan fingerprint density at radius 1 is 1.24 bits per heavy atom. The smallest absolute Gasteiger partial charge is 0.449 e. The first kappa shape index (κ1) is 16.4. The van der Waals surface area contributed by atoms with Crippen molar-refractivity contribution in [2.75, 3.05) is 0 Å². The largest absolute Gasteiger partial charge is 0.504 e. The molecular weight excluding hydrogens is 289 g/mol. The van der Waals surface area contributed by atoms with E-state index in [2.05, 4.69) is 5.10 Å². The van der Waals surface area contributed by atoms with Gasteiger partial charge in [-0.15, -0.1) is 0 Å². The number of hydrogen-bond acceptors (Lipinski definition) is 4. The number of nitrogens with one attached hydrogen (secondary N) is 1. The molecule has 1 rings (SSSR count). The van der Waals surface area contributed by atoms with E-state index in [1.807, 2.05) is 5.43 Å². The van der Waals surface area contributed by atoms with Crippen LogP contribution in [0.3, 0.4) is 0 Å². The molecule has 1 amide bonds. The lowest BCUT2D eigenvalue weighted by molar-refractivity contribution is -0.125. The molecule has 0 aliphatic rings. The highest BCUT2D eigenvalue weighted by molar-refractivity contribution is 6.12. The van der Waals surface area contributed by atoms with Crippen molar-refractivity contribution in [2.45, 2.75) is 13.1 Å². The summed E-state index contributed by atoms with van der Waals surface area (Å²) in [4.78, 5) is 22.6. The third-order valence-corrected chi connectivity index (χ3v) is 2.30. The van der Waals surface area contributed by atoms with E-state index in [4.69, 9.17) is 5.11 Å².